The zero-order valence-electron chi connectivity index (χ0n) is 11.5. The van der Waals surface area contributed by atoms with E-state index in [1.54, 1.807) is 19.3 Å². The van der Waals surface area contributed by atoms with Gasteiger partial charge in [0.05, 0.1) is 24.2 Å². The van der Waals surface area contributed by atoms with Gasteiger partial charge >= 0.3 is 0 Å². The molecule has 1 aliphatic rings. The average Bonchev–Trinajstić information content (AvgIpc) is 2.94. The summed E-state index contributed by atoms with van der Waals surface area (Å²) in [5.41, 5.74) is 0.716. The number of nitrogens with zero attached hydrogens (tertiary/aromatic N) is 5. The van der Waals surface area contributed by atoms with E-state index in [-0.39, 0.29) is 17.2 Å². The zero-order valence-corrected chi connectivity index (χ0v) is 12.2. The SMILES string of the molecule is CC(=O)N1C[C@H](C)C[C@H]1Cn1ncc2cnc(Cl)nc21. The van der Waals surface area contributed by atoms with Gasteiger partial charge in [0.1, 0.15) is 0 Å². The van der Waals surface area contributed by atoms with Crippen molar-refractivity contribution in [2.45, 2.75) is 32.9 Å². The van der Waals surface area contributed by atoms with Gasteiger partial charge in [-0.05, 0) is 23.9 Å². The van der Waals surface area contributed by atoms with Crippen LogP contribution in [0.2, 0.25) is 5.28 Å². The van der Waals surface area contributed by atoms with Gasteiger partial charge in [-0.25, -0.2) is 9.67 Å². The Morgan fingerprint density at radius 1 is 1.50 bits per heavy atom. The lowest BCUT2D eigenvalue weighted by Gasteiger charge is -2.23. The van der Waals surface area contributed by atoms with Gasteiger partial charge in [-0.3, -0.25) is 4.79 Å². The standard InChI is InChI=1S/C13H16ClN5O/c1-8-3-11(18(6-8)9(2)20)7-19-12-10(5-16-19)4-15-13(14)17-12/h4-5,8,11H,3,6-7H2,1-2H3/t8-,11+/m1/s1. The number of hydrogen-bond acceptors (Lipinski definition) is 4. The van der Waals surface area contributed by atoms with E-state index in [2.05, 4.69) is 22.0 Å². The van der Waals surface area contributed by atoms with Crippen LogP contribution >= 0.6 is 11.6 Å². The van der Waals surface area contributed by atoms with E-state index in [4.69, 9.17) is 11.6 Å². The first-order valence-electron chi connectivity index (χ1n) is 6.66. The third-order valence-electron chi connectivity index (χ3n) is 3.76. The van der Waals surface area contributed by atoms with Crippen molar-refractivity contribution in [3.05, 3.63) is 17.7 Å². The Bertz CT molecular complexity index is 655. The minimum absolute atomic E-state index is 0.114. The molecule has 3 heterocycles. The second-order valence-corrected chi connectivity index (χ2v) is 5.75. The Kier molecular flexibility index (Phi) is 3.33. The number of aromatic nitrogens is 4. The molecule has 0 spiro atoms. The van der Waals surface area contributed by atoms with E-state index < -0.39 is 0 Å². The topological polar surface area (TPSA) is 63.9 Å². The van der Waals surface area contributed by atoms with E-state index in [1.165, 1.54) is 0 Å². The predicted octanol–water partition coefficient (Wildman–Crippen LogP) is 1.74. The monoisotopic (exact) mass is 293 g/mol. The molecule has 0 aromatic carbocycles. The van der Waals surface area contributed by atoms with Crippen LogP contribution in [0.4, 0.5) is 0 Å². The molecule has 0 saturated carbocycles. The van der Waals surface area contributed by atoms with Crippen molar-refractivity contribution < 1.29 is 4.79 Å². The number of hydrogen-bond donors (Lipinski definition) is 0. The molecule has 1 amide bonds. The van der Waals surface area contributed by atoms with Crippen LogP contribution in [0.1, 0.15) is 20.3 Å². The molecule has 0 aliphatic carbocycles. The van der Waals surface area contributed by atoms with Crippen LogP contribution in [-0.4, -0.2) is 43.1 Å². The summed E-state index contributed by atoms with van der Waals surface area (Å²) in [7, 11) is 0. The second-order valence-electron chi connectivity index (χ2n) is 5.41. The molecule has 0 radical (unpaired) electrons. The molecule has 20 heavy (non-hydrogen) atoms. The van der Waals surface area contributed by atoms with Crippen LogP contribution in [0.5, 0.6) is 0 Å². The second kappa shape index (κ2) is 5.01. The van der Waals surface area contributed by atoms with E-state index >= 15 is 0 Å². The number of halogens is 1. The molecule has 7 heteroatoms. The highest BCUT2D eigenvalue weighted by Crippen LogP contribution is 2.25. The summed E-state index contributed by atoms with van der Waals surface area (Å²) in [6.07, 6.45) is 4.37. The number of fused-ring (bicyclic) bond motifs is 1. The fourth-order valence-electron chi connectivity index (χ4n) is 2.89. The minimum atomic E-state index is 0.114. The summed E-state index contributed by atoms with van der Waals surface area (Å²) in [5.74, 6) is 0.632. The van der Waals surface area contributed by atoms with Gasteiger partial charge in [0.25, 0.3) is 0 Å². The Morgan fingerprint density at radius 2 is 2.30 bits per heavy atom. The molecule has 1 aliphatic heterocycles. The molecule has 1 fully saturated rings. The minimum Gasteiger partial charge on any atom is -0.338 e. The molecular formula is C13H16ClN5O. The summed E-state index contributed by atoms with van der Waals surface area (Å²) in [5, 5.41) is 5.40. The van der Waals surface area contributed by atoms with Gasteiger partial charge in [0, 0.05) is 19.7 Å². The third kappa shape index (κ3) is 2.35. The first-order chi connectivity index (χ1) is 9.54. The lowest BCUT2D eigenvalue weighted by Crippen LogP contribution is -2.36. The zero-order chi connectivity index (χ0) is 14.3. The number of amides is 1. The third-order valence-corrected chi connectivity index (χ3v) is 3.94. The van der Waals surface area contributed by atoms with Crippen molar-refractivity contribution in [2.75, 3.05) is 6.54 Å². The van der Waals surface area contributed by atoms with Crippen molar-refractivity contribution >= 4 is 28.5 Å². The van der Waals surface area contributed by atoms with Gasteiger partial charge in [-0.15, -0.1) is 0 Å². The normalized spacial score (nSPS) is 22.6. The van der Waals surface area contributed by atoms with E-state index in [9.17, 15) is 4.79 Å². The lowest BCUT2D eigenvalue weighted by molar-refractivity contribution is -0.129. The molecule has 0 N–H and O–H groups in total. The summed E-state index contributed by atoms with van der Waals surface area (Å²) in [6.45, 7) is 5.23. The van der Waals surface area contributed by atoms with E-state index in [1.807, 2.05) is 9.58 Å². The van der Waals surface area contributed by atoms with Crippen LogP contribution in [0.15, 0.2) is 12.4 Å². The molecule has 3 rings (SSSR count). The molecule has 2 aromatic rings. The molecule has 0 unspecified atom stereocenters. The summed E-state index contributed by atoms with van der Waals surface area (Å²) < 4.78 is 1.81. The van der Waals surface area contributed by atoms with Gasteiger partial charge in [0.15, 0.2) is 5.65 Å². The van der Waals surface area contributed by atoms with E-state index in [0.717, 1.165) is 18.4 Å². The van der Waals surface area contributed by atoms with Gasteiger partial charge in [-0.2, -0.15) is 10.1 Å². The molecule has 106 valence electrons. The highest BCUT2D eigenvalue weighted by molar-refractivity contribution is 6.28. The molecular weight excluding hydrogens is 278 g/mol. The van der Waals surface area contributed by atoms with Crippen LogP contribution in [0.3, 0.4) is 0 Å². The molecule has 2 atom stereocenters. The average molecular weight is 294 g/mol. The van der Waals surface area contributed by atoms with Crippen molar-refractivity contribution in [3.63, 3.8) is 0 Å². The highest BCUT2D eigenvalue weighted by atomic mass is 35.5. The Labute approximate surface area is 121 Å². The van der Waals surface area contributed by atoms with Crippen LogP contribution in [0.25, 0.3) is 11.0 Å². The Morgan fingerprint density at radius 3 is 3.05 bits per heavy atom. The van der Waals surface area contributed by atoms with Crippen LogP contribution < -0.4 is 0 Å². The maximum atomic E-state index is 11.7. The maximum Gasteiger partial charge on any atom is 0.224 e. The highest BCUT2D eigenvalue weighted by Gasteiger charge is 2.32. The molecule has 0 bridgehead atoms. The van der Waals surface area contributed by atoms with Crippen LogP contribution in [-0.2, 0) is 11.3 Å². The maximum absolute atomic E-state index is 11.7. The number of likely N-dealkylation sites (tertiary alicyclic amines) is 1. The summed E-state index contributed by atoms with van der Waals surface area (Å²) in [4.78, 5) is 21.8. The van der Waals surface area contributed by atoms with Crippen LogP contribution in [0, 0.1) is 5.92 Å². The Balaban J connectivity index is 1.89. The van der Waals surface area contributed by atoms with Gasteiger partial charge < -0.3 is 4.90 Å². The molecule has 1 saturated heterocycles. The predicted molar refractivity (Wildman–Crippen MR) is 75.3 cm³/mol. The summed E-state index contributed by atoms with van der Waals surface area (Å²) in [6, 6.07) is 0.166. The van der Waals surface area contributed by atoms with Crippen molar-refractivity contribution in [1.29, 1.82) is 0 Å². The number of carbonyl (C=O) groups excluding carboxylic acids is 1. The fraction of sp³-hybridized carbons (Fsp3) is 0.538. The van der Waals surface area contributed by atoms with E-state index in [0.29, 0.717) is 18.1 Å². The van der Waals surface area contributed by atoms with Gasteiger partial charge in [-0.1, -0.05) is 6.92 Å². The quantitative estimate of drug-likeness (QED) is 0.791. The van der Waals surface area contributed by atoms with Crippen molar-refractivity contribution in [1.82, 2.24) is 24.6 Å². The van der Waals surface area contributed by atoms with Gasteiger partial charge in [0.2, 0.25) is 11.2 Å². The number of rotatable bonds is 2. The first-order valence-corrected chi connectivity index (χ1v) is 7.03. The molecule has 6 nitrogen and oxygen atoms in total. The molecule has 2 aromatic heterocycles. The van der Waals surface area contributed by atoms with Crippen molar-refractivity contribution in [3.8, 4) is 0 Å². The van der Waals surface area contributed by atoms with Crippen molar-refractivity contribution in [2.24, 2.45) is 5.92 Å². The first kappa shape index (κ1) is 13.3. The smallest absolute Gasteiger partial charge is 0.224 e. The summed E-state index contributed by atoms with van der Waals surface area (Å²) >= 11 is 5.84. The fourth-order valence-corrected chi connectivity index (χ4v) is 3.02. The largest absolute Gasteiger partial charge is 0.338 e. The Hall–Kier alpha value is -1.69. The lowest BCUT2D eigenvalue weighted by atomic mass is 10.1. The number of carbonyl (C=O) groups is 1.